The van der Waals surface area contributed by atoms with Crippen molar-refractivity contribution < 1.29 is 13.0 Å². The number of nitrogens with zero attached hydrogens (tertiary/aromatic N) is 1. The zero-order valence-corrected chi connectivity index (χ0v) is 12.7. The SMILES string of the molecule is Cc1c(S(=O)(=O)O)ccc2sc(Nc3ccccc3)nc12. The number of rotatable bonds is 3. The molecule has 3 rings (SSSR count). The number of aryl methyl sites for hydroxylation is 1. The third-order valence-electron chi connectivity index (χ3n) is 3.07. The van der Waals surface area contributed by atoms with E-state index in [0.717, 1.165) is 10.4 Å². The molecular formula is C14H12N2O3S2. The number of hydrogen-bond donors (Lipinski definition) is 2. The van der Waals surface area contributed by atoms with Gasteiger partial charge in [0.1, 0.15) is 0 Å². The highest BCUT2D eigenvalue weighted by atomic mass is 32.2. The van der Waals surface area contributed by atoms with Crippen LogP contribution in [0.4, 0.5) is 10.8 Å². The zero-order valence-electron chi connectivity index (χ0n) is 11.1. The maximum atomic E-state index is 11.3. The highest BCUT2D eigenvalue weighted by Crippen LogP contribution is 2.32. The Balaban J connectivity index is 2.07. The van der Waals surface area contributed by atoms with E-state index in [0.29, 0.717) is 16.2 Å². The maximum absolute atomic E-state index is 11.3. The van der Waals surface area contributed by atoms with Crippen molar-refractivity contribution in [3.8, 4) is 0 Å². The Morgan fingerprint density at radius 1 is 1.14 bits per heavy atom. The molecule has 0 saturated heterocycles. The molecule has 0 aliphatic rings. The van der Waals surface area contributed by atoms with Gasteiger partial charge < -0.3 is 5.32 Å². The maximum Gasteiger partial charge on any atom is 0.294 e. The Morgan fingerprint density at radius 2 is 1.86 bits per heavy atom. The summed E-state index contributed by atoms with van der Waals surface area (Å²) in [5.74, 6) is 0. The van der Waals surface area contributed by atoms with Crippen LogP contribution in [0.15, 0.2) is 47.4 Å². The van der Waals surface area contributed by atoms with Crippen LogP contribution in [0.25, 0.3) is 10.2 Å². The molecule has 1 heterocycles. The molecule has 2 aromatic carbocycles. The Labute approximate surface area is 126 Å². The van der Waals surface area contributed by atoms with Crippen LogP contribution in [0.2, 0.25) is 0 Å². The molecule has 0 bridgehead atoms. The number of aromatic nitrogens is 1. The van der Waals surface area contributed by atoms with Crippen LogP contribution in [0.5, 0.6) is 0 Å². The molecule has 1 aromatic heterocycles. The standard InChI is InChI=1S/C14H12N2O3S2/c1-9-12(21(17,18)19)8-7-11-13(9)16-14(20-11)15-10-5-3-2-4-6-10/h2-8H,1H3,(H,15,16)(H,17,18,19). The fourth-order valence-electron chi connectivity index (χ4n) is 2.08. The lowest BCUT2D eigenvalue weighted by molar-refractivity contribution is 0.482. The lowest BCUT2D eigenvalue weighted by atomic mass is 10.2. The van der Waals surface area contributed by atoms with Crippen molar-refractivity contribution in [2.75, 3.05) is 5.32 Å². The first-order chi connectivity index (χ1) is 9.95. The minimum atomic E-state index is -4.23. The van der Waals surface area contributed by atoms with Crippen LogP contribution in [-0.2, 0) is 10.1 Å². The van der Waals surface area contributed by atoms with Gasteiger partial charge in [-0.05, 0) is 36.8 Å². The van der Waals surface area contributed by atoms with Gasteiger partial charge in [0.2, 0.25) is 0 Å². The molecule has 108 valence electrons. The molecule has 0 aliphatic carbocycles. The molecule has 0 saturated carbocycles. The van der Waals surface area contributed by atoms with E-state index < -0.39 is 10.1 Å². The lowest BCUT2D eigenvalue weighted by Gasteiger charge is -2.02. The fraction of sp³-hybridized carbons (Fsp3) is 0.0714. The van der Waals surface area contributed by atoms with Gasteiger partial charge in [-0.3, -0.25) is 4.55 Å². The molecule has 2 N–H and O–H groups in total. The minimum absolute atomic E-state index is 0.105. The molecule has 21 heavy (non-hydrogen) atoms. The second-order valence-electron chi connectivity index (χ2n) is 4.52. The van der Waals surface area contributed by atoms with Crippen LogP contribution in [0, 0.1) is 6.92 Å². The van der Waals surface area contributed by atoms with Crippen molar-refractivity contribution in [2.45, 2.75) is 11.8 Å². The van der Waals surface area contributed by atoms with Crippen molar-refractivity contribution in [1.82, 2.24) is 4.98 Å². The van der Waals surface area contributed by atoms with Crippen molar-refractivity contribution in [2.24, 2.45) is 0 Å². The monoisotopic (exact) mass is 320 g/mol. The third-order valence-corrected chi connectivity index (χ3v) is 5.00. The zero-order chi connectivity index (χ0) is 15.0. The van der Waals surface area contributed by atoms with Gasteiger partial charge >= 0.3 is 0 Å². The molecule has 3 aromatic rings. The molecule has 0 atom stereocenters. The molecule has 0 unspecified atom stereocenters. The van der Waals surface area contributed by atoms with E-state index in [9.17, 15) is 13.0 Å². The van der Waals surface area contributed by atoms with Gasteiger partial charge in [0.15, 0.2) is 5.13 Å². The van der Waals surface area contributed by atoms with Gasteiger partial charge in [-0.2, -0.15) is 8.42 Å². The molecular weight excluding hydrogens is 308 g/mol. The summed E-state index contributed by atoms with van der Waals surface area (Å²) < 4.78 is 32.7. The predicted molar refractivity (Wildman–Crippen MR) is 83.9 cm³/mol. The number of hydrogen-bond acceptors (Lipinski definition) is 5. The number of thiazole rings is 1. The molecule has 0 fully saturated rings. The number of benzene rings is 2. The first-order valence-corrected chi connectivity index (χ1v) is 8.40. The second kappa shape index (κ2) is 5.10. The summed E-state index contributed by atoms with van der Waals surface area (Å²) in [7, 11) is -4.23. The van der Waals surface area contributed by atoms with Gasteiger partial charge in [-0.25, -0.2) is 4.98 Å². The van der Waals surface area contributed by atoms with Gasteiger partial charge in [0, 0.05) is 5.69 Å². The van der Waals surface area contributed by atoms with E-state index in [-0.39, 0.29) is 4.90 Å². The average Bonchev–Trinajstić information content (AvgIpc) is 2.82. The Morgan fingerprint density at radius 3 is 2.52 bits per heavy atom. The molecule has 0 spiro atoms. The molecule has 0 radical (unpaired) electrons. The Bertz CT molecular complexity index is 903. The van der Waals surface area contributed by atoms with E-state index in [1.165, 1.54) is 17.4 Å². The molecule has 5 nitrogen and oxygen atoms in total. The van der Waals surface area contributed by atoms with E-state index in [1.807, 2.05) is 30.3 Å². The van der Waals surface area contributed by atoms with Crippen LogP contribution >= 0.6 is 11.3 Å². The second-order valence-corrected chi connectivity index (χ2v) is 6.94. The normalized spacial score (nSPS) is 11.7. The predicted octanol–water partition coefficient (Wildman–Crippen LogP) is 3.60. The topological polar surface area (TPSA) is 79.3 Å². The number of fused-ring (bicyclic) bond motifs is 1. The van der Waals surface area contributed by atoms with Gasteiger partial charge in [0.05, 0.1) is 15.1 Å². The minimum Gasteiger partial charge on any atom is -0.332 e. The summed E-state index contributed by atoms with van der Waals surface area (Å²) in [4.78, 5) is 4.31. The van der Waals surface area contributed by atoms with Crippen molar-refractivity contribution in [1.29, 1.82) is 0 Å². The number of anilines is 2. The summed E-state index contributed by atoms with van der Waals surface area (Å²) in [5.41, 5.74) is 1.94. The fourth-order valence-corrected chi connectivity index (χ4v) is 3.75. The highest BCUT2D eigenvalue weighted by molar-refractivity contribution is 7.85. The van der Waals surface area contributed by atoms with Crippen molar-refractivity contribution >= 4 is 42.5 Å². The van der Waals surface area contributed by atoms with Crippen LogP contribution in [0.1, 0.15) is 5.56 Å². The summed E-state index contributed by atoms with van der Waals surface area (Å²) in [6.07, 6.45) is 0. The van der Waals surface area contributed by atoms with E-state index in [2.05, 4.69) is 10.3 Å². The van der Waals surface area contributed by atoms with Gasteiger partial charge in [-0.1, -0.05) is 29.5 Å². The van der Waals surface area contributed by atoms with Gasteiger partial charge in [-0.15, -0.1) is 0 Å². The molecule has 0 aliphatic heterocycles. The van der Waals surface area contributed by atoms with E-state index >= 15 is 0 Å². The third kappa shape index (κ3) is 2.76. The van der Waals surface area contributed by atoms with Crippen LogP contribution < -0.4 is 5.32 Å². The molecule has 0 amide bonds. The first kappa shape index (κ1) is 14.0. The highest BCUT2D eigenvalue weighted by Gasteiger charge is 2.17. The Hall–Kier alpha value is -1.96. The average molecular weight is 320 g/mol. The van der Waals surface area contributed by atoms with E-state index in [1.54, 1.807) is 13.0 Å². The summed E-state index contributed by atoms with van der Waals surface area (Å²) in [5, 5.41) is 3.85. The number of nitrogens with one attached hydrogen (secondary N) is 1. The van der Waals surface area contributed by atoms with Gasteiger partial charge in [0.25, 0.3) is 10.1 Å². The van der Waals surface area contributed by atoms with Crippen molar-refractivity contribution in [3.05, 3.63) is 48.0 Å². The van der Waals surface area contributed by atoms with Crippen molar-refractivity contribution in [3.63, 3.8) is 0 Å². The lowest BCUT2D eigenvalue weighted by Crippen LogP contribution is -2.00. The Kier molecular flexibility index (Phi) is 3.40. The summed E-state index contributed by atoms with van der Waals surface area (Å²) >= 11 is 1.43. The van der Waals surface area contributed by atoms with E-state index in [4.69, 9.17) is 0 Å². The molecule has 7 heteroatoms. The summed E-state index contributed by atoms with van der Waals surface area (Å²) in [6.45, 7) is 1.64. The quantitative estimate of drug-likeness (QED) is 0.721. The largest absolute Gasteiger partial charge is 0.332 e. The number of para-hydroxylation sites is 1. The summed E-state index contributed by atoms with van der Waals surface area (Å²) in [6, 6.07) is 12.6. The van der Waals surface area contributed by atoms with Crippen LogP contribution in [-0.4, -0.2) is 18.0 Å². The first-order valence-electron chi connectivity index (χ1n) is 6.15. The van der Waals surface area contributed by atoms with Crippen LogP contribution in [0.3, 0.4) is 0 Å². The smallest absolute Gasteiger partial charge is 0.294 e.